The Bertz CT molecular complexity index is 578. The third-order valence-electron chi connectivity index (χ3n) is 3.71. The zero-order valence-electron chi connectivity index (χ0n) is 12.6. The summed E-state index contributed by atoms with van der Waals surface area (Å²) < 4.78 is 0. The van der Waals surface area contributed by atoms with E-state index < -0.39 is 0 Å². The maximum atomic E-state index is 12.6. The summed E-state index contributed by atoms with van der Waals surface area (Å²) >= 11 is 0. The van der Waals surface area contributed by atoms with Gasteiger partial charge < -0.3 is 10.6 Å². The van der Waals surface area contributed by atoms with Crippen LogP contribution in [0.3, 0.4) is 0 Å². The average Bonchev–Trinajstić information content (AvgIpc) is 2.53. The standard InChI is InChI=1S/C18H22N2O/c1-14-8-10-17(11-9-14)20(2)18(21)16(13-19)12-15-6-4-3-5-7-15/h3-11,16H,12-13,19H2,1-2H3. The van der Waals surface area contributed by atoms with Crippen LogP contribution >= 0.6 is 0 Å². The van der Waals surface area contributed by atoms with Crippen molar-refractivity contribution in [2.45, 2.75) is 13.3 Å². The highest BCUT2D eigenvalue weighted by molar-refractivity contribution is 5.94. The van der Waals surface area contributed by atoms with Gasteiger partial charge in [-0.1, -0.05) is 48.0 Å². The first-order valence-electron chi connectivity index (χ1n) is 7.20. The molecule has 2 rings (SSSR count). The van der Waals surface area contributed by atoms with E-state index in [4.69, 9.17) is 5.73 Å². The van der Waals surface area contributed by atoms with Gasteiger partial charge in [0.2, 0.25) is 5.91 Å². The fourth-order valence-electron chi connectivity index (χ4n) is 2.34. The molecule has 0 saturated heterocycles. The van der Waals surface area contributed by atoms with Gasteiger partial charge in [-0.2, -0.15) is 0 Å². The molecule has 3 heteroatoms. The van der Waals surface area contributed by atoms with Gasteiger partial charge in [-0.25, -0.2) is 0 Å². The number of amides is 1. The molecule has 1 atom stereocenters. The number of anilines is 1. The number of rotatable bonds is 5. The van der Waals surface area contributed by atoms with E-state index in [0.29, 0.717) is 13.0 Å². The van der Waals surface area contributed by atoms with Crippen LogP contribution in [0.25, 0.3) is 0 Å². The molecule has 0 aliphatic rings. The molecule has 0 spiro atoms. The van der Waals surface area contributed by atoms with Gasteiger partial charge in [0.1, 0.15) is 0 Å². The highest BCUT2D eigenvalue weighted by atomic mass is 16.2. The van der Waals surface area contributed by atoms with Crippen LogP contribution in [0, 0.1) is 12.8 Å². The lowest BCUT2D eigenvalue weighted by molar-refractivity contribution is -0.121. The summed E-state index contributed by atoms with van der Waals surface area (Å²) in [5.41, 5.74) is 9.03. The number of nitrogens with zero attached hydrogens (tertiary/aromatic N) is 1. The van der Waals surface area contributed by atoms with Gasteiger partial charge in [-0.3, -0.25) is 4.79 Å². The molecular formula is C18H22N2O. The van der Waals surface area contributed by atoms with Gasteiger partial charge in [-0.15, -0.1) is 0 Å². The van der Waals surface area contributed by atoms with Gasteiger partial charge in [0, 0.05) is 19.3 Å². The van der Waals surface area contributed by atoms with Crippen molar-refractivity contribution in [2.24, 2.45) is 11.7 Å². The van der Waals surface area contributed by atoms with E-state index in [2.05, 4.69) is 0 Å². The monoisotopic (exact) mass is 282 g/mol. The first-order valence-corrected chi connectivity index (χ1v) is 7.20. The molecular weight excluding hydrogens is 260 g/mol. The van der Waals surface area contributed by atoms with Crippen molar-refractivity contribution in [3.8, 4) is 0 Å². The van der Waals surface area contributed by atoms with Crippen LogP contribution in [0.2, 0.25) is 0 Å². The lowest BCUT2D eigenvalue weighted by atomic mass is 9.98. The zero-order valence-corrected chi connectivity index (χ0v) is 12.6. The minimum Gasteiger partial charge on any atom is -0.330 e. The van der Waals surface area contributed by atoms with E-state index in [0.717, 1.165) is 11.3 Å². The van der Waals surface area contributed by atoms with E-state index in [-0.39, 0.29) is 11.8 Å². The van der Waals surface area contributed by atoms with E-state index in [9.17, 15) is 4.79 Å². The zero-order chi connectivity index (χ0) is 15.2. The van der Waals surface area contributed by atoms with E-state index in [1.165, 1.54) is 5.56 Å². The van der Waals surface area contributed by atoms with Crippen LogP contribution in [0.5, 0.6) is 0 Å². The highest BCUT2D eigenvalue weighted by Gasteiger charge is 2.22. The molecule has 1 unspecified atom stereocenters. The summed E-state index contributed by atoms with van der Waals surface area (Å²) in [7, 11) is 1.81. The summed E-state index contributed by atoms with van der Waals surface area (Å²) in [6, 6.07) is 17.9. The minimum atomic E-state index is -0.196. The van der Waals surface area contributed by atoms with Crippen molar-refractivity contribution in [2.75, 3.05) is 18.5 Å². The Hall–Kier alpha value is -2.13. The van der Waals surface area contributed by atoms with Crippen molar-refractivity contribution in [1.29, 1.82) is 0 Å². The Morgan fingerprint density at radius 3 is 2.29 bits per heavy atom. The summed E-state index contributed by atoms with van der Waals surface area (Å²) in [6.45, 7) is 2.38. The van der Waals surface area contributed by atoms with E-state index >= 15 is 0 Å². The fourth-order valence-corrected chi connectivity index (χ4v) is 2.34. The van der Waals surface area contributed by atoms with Crippen LogP contribution in [0.4, 0.5) is 5.69 Å². The first-order chi connectivity index (χ1) is 10.1. The first kappa shape index (κ1) is 15.3. The normalized spacial score (nSPS) is 12.0. The highest BCUT2D eigenvalue weighted by Crippen LogP contribution is 2.18. The van der Waals surface area contributed by atoms with Crippen LogP contribution in [-0.2, 0) is 11.2 Å². The number of hydrogen-bond acceptors (Lipinski definition) is 2. The Morgan fingerprint density at radius 1 is 1.10 bits per heavy atom. The number of hydrogen-bond donors (Lipinski definition) is 1. The number of carbonyl (C=O) groups is 1. The maximum Gasteiger partial charge on any atom is 0.231 e. The summed E-state index contributed by atoms with van der Waals surface area (Å²) in [6.07, 6.45) is 0.673. The molecule has 3 nitrogen and oxygen atoms in total. The smallest absolute Gasteiger partial charge is 0.231 e. The topological polar surface area (TPSA) is 46.3 Å². The molecule has 2 N–H and O–H groups in total. The van der Waals surface area contributed by atoms with E-state index in [1.54, 1.807) is 11.9 Å². The average molecular weight is 282 g/mol. The molecule has 0 bridgehead atoms. The molecule has 0 fully saturated rings. The molecule has 2 aromatic rings. The third kappa shape index (κ3) is 3.92. The number of carbonyl (C=O) groups excluding carboxylic acids is 1. The molecule has 0 aromatic heterocycles. The van der Waals surface area contributed by atoms with Crippen molar-refractivity contribution >= 4 is 11.6 Å². The van der Waals surface area contributed by atoms with Crippen molar-refractivity contribution in [3.63, 3.8) is 0 Å². The van der Waals surface area contributed by atoms with Crippen LogP contribution in [0.1, 0.15) is 11.1 Å². The van der Waals surface area contributed by atoms with Crippen LogP contribution < -0.4 is 10.6 Å². The molecule has 0 aliphatic carbocycles. The second-order valence-corrected chi connectivity index (χ2v) is 5.36. The Labute approximate surface area is 126 Å². The predicted octanol–water partition coefficient (Wildman–Crippen LogP) is 2.78. The van der Waals surface area contributed by atoms with Gasteiger partial charge >= 0.3 is 0 Å². The van der Waals surface area contributed by atoms with Crippen molar-refractivity contribution < 1.29 is 4.79 Å². The number of aryl methyl sites for hydroxylation is 1. The number of benzene rings is 2. The minimum absolute atomic E-state index is 0.0604. The maximum absolute atomic E-state index is 12.6. The summed E-state index contributed by atoms with van der Waals surface area (Å²) in [5.74, 6) is -0.135. The molecule has 0 heterocycles. The molecule has 110 valence electrons. The number of nitrogens with two attached hydrogens (primary N) is 1. The molecule has 0 radical (unpaired) electrons. The molecule has 21 heavy (non-hydrogen) atoms. The SMILES string of the molecule is Cc1ccc(N(C)C(=O)C(CN)Cc2ccccc2)cc1. The molecule has 0 aliphatic heterocycles. The molecule has 2 aromatic carbocycles. The van der Waals surface area contributed by atoms with Gasteiger partial charge in [0.25, 0.3) is 0 Å². The second kappa shape index (κ2) is 7.04. The van der Waals surface area contributed by atoms with Crippen LogP contribution in [0.15, 0.2) is 54.6 Å². The summed E-state index contributed by atoms with van der Waals surface area (Å²) in [5, 5.41) is 0. The van der Waals surface area contributed by atoms with Gasteiger partial charge in [-0.05, 0) is 31.0 Å². The van der Waals surface area contributed by atoms with Crippen LogP contribution in [-0.4, -0.2) is 19.5 Å². The van der Waals surface area contributed by atoms with Gasteiger partial charge in [0.05, 0.1) is 5.92 Å². The summed E-state index contributed by atoms with van der Waals surface area (Å²) in [4.78, 5) is 14.3. The quantitative estimate of drug-likeness (QED) is 0.916. The fraction of sp³-hybridized carbons (Fsp3) is 0.278. The molecule has 1 amide bonds. The van der Waals surface area contributed by atoms with Crippen molar-refractivity contribution in [3.05, 3.63) is 65.7 Å². The molecule has 0 saturated carbocycles. The third-order valence-corrected chi connectivity index (χ3v) is 3.71. The lowest BCUT2D eigenvalue weighted by Crippen LogP contribution is -2.37. The van der Waals surface area contributed by atoms with Gasteiger partial charge in [0.15, 0.2) is 0 Å². The largest absolute Gasteiger partial charge is 0.330 e. The lowest BCUT2D eigenvalue weighted by Gasteiger charge is -2.23. The Morgan fingerprint density at radius 2 is 1.71 bits per heavy atom. The van der Waals surface area contributed by atoms with E-state index in [1.807, 2.05) is 61.5 Å². The Kier molecular flexibility index (Phi) is 5.12. The predicted molar refractivity (Wildman–Crippen MR) is 87.3 cm³/mol. The van der Waals surface area contributed by atoms with Crippen molar-refractivity contribution in [1.82, 2.24) is 0 Å². The Balaban J connectivity index is 2.10. The second-order valence-electron chi connectivity index (χ2n) is 5.36.